The molecule has 0 amide bonds. The third-order valence-electron chi connectivity index (χ3n) is 8.31. The Morgan fingerprint density at radius 3 is 2.43 bits per heavy atom. The van der Waals surface area contributed by atoms with E-state index in [-0.39, 0.29) is 0 Å². The molecule has 0 spiro atoms. The highest BCUT2D eigenvalue weighted by atomic mass is 16.5. The molecule has 1 aromatic carbocycles. The van der Waals surface area contributed by atoms with Crippen LogP contribution in [0.1, 0.15) is 81.9 Å². The third-order valence-corrected chi connectivity index (χ3v) is 8.31. The molecule has 1 heteroatoms. The molecule has 0 radical (unpaired) electrons. The number of benzene rings is 1. The van der Waals surface area contributed by atoms with E-state index in [1.165, 1.54) is 76.2 Å². The quantitative estimate of drug-likeness (QED) is 0.426. The largest absolute Gasteiger partial charge is 0.374 e. The van der Waals surface area contributed by atoms with E-state index < -0.39 is 0 Å². The molecule has 5 atom stereocenters. The first kappa shape index (κ1) is 21.9. The molecule has 3 aliphatic carbocycles. The van der Waals surface area contributed by atoms with Gasteiger partial charge in [-0.1, -0.05) is 42.5 Å². The number of ether oxygens (including phenoxy) is 1. The first-order valence-corrected chi connectivity index (χ1v) is 12.7. The lowest BCUT2D eigenvalue weighted by Crippen LogP contribution is -2.37. The van der Waals surface area contributed by atoms with Crippen molar-refractivity contribution in [2.45, 2.75) is 90.6 Å². The lowest BCUT2D eigenvalue weighted by atomic mass is 9.62. The molecule has 1 aromatic rings. The number of hydrogen-bond acceptors (Lipinski definition) is 1. The molecule has 4 rings (SSSR count). The van der Waals surface area contributed by atoms with Crippen LogP contribution in [0.4, 0.5) is 0 Å². The van der Waals surface area contributed by atoms with Gasteiger partial charge in [-0.05, 0) is 125 Å². The van der Waals surface area contributed by atoms with Gasteiger partial charge in [0.05, 0.1) is 12.7 Å². The van der Waals surface area contributed by atoms with Crippen LogP contribution in [-0.2, 0) is 24.0 Å². The highest BCUT2D eigenvalue weighted by Gasteiger charge is 2.38. The molecule has 0 aromatic heterocycles. The summed E-state index contributed by atoms with van der Waals surface area (Å²) in [5.41, 5.74) is 4.83. The smallest absolute Gasteiger partial charge is 0.0651 e. The number of aryl methyl sites for hydroxylation is 2. The number of allylic oxidation sites excluding steroid dienone is 3. The fourth-order valence-corrected chi connectivity index (χ4v) is 6.56. The van der Waals surface area contributed by atoms with Crippen molar-refractivity contribution in [3.63, 3.8) is 0 Å². The maximum atomic E-state index is 6.10. The van der Waals surface area contributed by atoms with Crippen LogP contribution in [0.5, 0.6) is 0 Å². The average molecular weight is 407 g/mol. The molecule has 0 bridgehead atoms. The molecule has 0 heterocycles. The summed E-state index contributed by atoms with van der Waals surface area (Å²) in [5, 5.41) is 0. The minimum atomic E-state index is 0.516. The molecule has 3 aliphatic rings. The Kier molecular flexibility index (Phi) is 7.88. The van der Waals surface area contributed by atoms with Crippen LogP contribution in [0.15, 0.2) is 42.5 Å². The van der Waals surface area contributed by atoms with Gasteiger partial charge in [-0.15, -0.1) is 0 Å². The molecule has 30 heavy (non-hydrogen) atoms. The van der Waals surface area contributed by atoms with Crippen LogP contribution in [0, 0.1) is 23.7 Å². The second-order valence-corrected chi connectivity index (χ2v) is 10.1. The third kappa shape index (κ3) is 5.47. The first-order chi connectivity index (χ1) is 14.8. The van der Waals surface area contributed by atoms with Gasteiger partial charge in [0.25, 0.3) is 0 Å². The van der Waals surface area contributed by atoms with Crippen LogP contribution in [0.3, 0.4) is 0 Å². The van der Waals surface area contributed by atoms with Crippen molar-refractivity contribution in [2.24, 2.45) is 23.7 Å². The SMILES string of the molecule is CC=CCCc1ccc2c(c1)CCC(C1CCC3CC(OCC=CC)CCC3C1)C2. The Hall–Kier alpha value is -1.34. The Morgan fingerprint density at radius 1 is 0.833 bits per heavy atom. The van der Waals surface area contributed by atoms with Crippen LogP contribution >= 0.6 is 0 Å². The first-order valence-electron chi connectivity index (χ1n) is 12.7. The minimum Gasteiger partial charge on any atom is -0.374 e. The molecule has 2 saturated carbocycles. The molecule has 164 valence electrons. The number of fused-ring (bicyclic) bond motifs is 2. The van der Waals surface area contributed by atoms with E-state index >= 15 is 0 Å². The van der Waals surface area contributed by atoms with Crippen LogP contribution in [0.25, 0.3) is 0 Å². The fourth-order valence-electron chi connectivity index (χ4n) is 6.56. The molecular weight excluding hydrogens is 364 g/mol. The predicted octanol–water partition coefficient (Wildman–Crippen LogP) is 7.48. The van der Waals surface area contributed by atoms with Crippen molar-refractivity contribution in [1.82, 2.24) is 0 Å². The van der Waals surface area contributed by atoms with Gasteiger partial charge >= 0.3 is 0 Å². The molecule has 0 saturated heterocycles. The minimum absolute atomic E-state index is 0.516. The Balaban J connectivity index is 1.29. The normalized spacial score (nSPS) is 31.7. The van der Waals surface area contributed by atoms with Gasteiger partial charge in [-0.25, -0.2) is 0 Å². The lowest BCUT2D eigenvalue weighted by molar-refractivity contribution is -0.0138. The van der Waals surface area contributed by atoms with Crippen LogP contribution < -0.4 is 0 Å². The summed E-state index contributed by atoms with van der Waals surface area (Å²) in [4.78, 5) is 0. The van der Waals surface area contributed by atoms with E-state index in [1.54, 1.807) is 11.1 Å². The van der Waals surface area contributed by atoms with Gasteiger partial charge in [0, 0.05) is 0 Å². The van der Waals surface area contributed by atoms with Gasteiger partial charge in [-0.2, -0.15) is 0 Å². The topological polar surface area (TPSA) is 9.23 Å². The predicted molar refractivity (Wildman–Crippen MR) is 128 cm³/mol. The van der Waals surface area contributed by atoms with E-state index in [0.717, 1.165) is 30.3 Å². The highest BCUT2D eigenvalue weighted by molar-refractivity contribution is 5.34. The van der Waals surface area contributed by atoms with Crippen molar-refractivity contribution in [1.29, 1.82) is 0 Å². The maximum Gasteiger partial charge on any atom is 0.0651 e. The van der Waals surface area contributed by atoms with Crippen LogP contribution in [-0.4, -0.2) is 12.7 Å². The molecule has 0 N–H and O–H groups in total. The molecular formula is C29H42O. The summed E-state index contributed by atoms with van der Waals surface area (Å²) < 4.78 is 6.10. The molecule has 2 fully saturated rings. The molecule has 5 unspecified atom stereocenters. The highest BCUT2D eigenvalue weighted by Crippen LogP contribution is 2.47. The van der Waals surface area contributed by atoms with Gasteiger partial charge in [-0.3, -0.25) is 0 Å². The zero-order valence-corrected chi connectivity index (χ0v) is 19.3. The van der Waals surface area contributed by atoms with Gasteiger partial charge < -0.3 is 4.74 Å². The van der Waals surface area contributed by atoms with E-state index in [1.807, 2.05) is 0 Å². The standard InChI is InChI=1S/C29H42O/c1-3-5-7-8-22-9-10-24-19-25(12-11-23(24)18-22)26-13-14-28-21-29(30-17-6-4-2)16-15-27(28)20-26/h3-6,9-10,18,25-29H,7-8,11-17,19-21H2,1-2H3. The van der Waals surface area contributed by atoms with E-state index in [4.69, 9.17) is 4.74 Å². The average Bonchev–Trinajstić information content (AvgIpc) is 2.78. The summed E-state index contributed by atoms with van der Waals surface area (Å²) in [6.07, 6.45) is 24.1. The van der Waals surface area contributed by atoms with E-state index in [9.17, 15) is 0 Å². The van der Waals surface area contributed by atoms with Crippen molar-refractivity contribution >= 4 is 0 Å². The van der Waals surface area contributed by atoms with Crippen molar-refractivity contribution < 1.29 is 4.74 Å². The van der Waals surface area contributed by atoms with E-state index in [0.29, 0.717) is 6.10 Å². The second kappa shape index (κ2) is 10.8. The summed E-state index contributed by atoms with van der Waals surface area (Å²) in [6.45, 7) is 5.00. The zero-order chi connectivity index (χ0) is 20.8. The fraction of sp³-hybridized carbons (Fsp3) is 0.655. The summed E-state index contributed by atoms with van der Waals surface area (Å²) >= 11 is 0. The Bertz CT molecular complexity index is 730. The molecule has 0 aliphatic heterocycles. The van der Waals surface area contributed by atoms with Gasteiger partial charge in [0.15, 0.2) is 0 Å². The maximum absolute atomic E-state index is 6.10. The zero-order valence-electron chi connectivity index (χ0n) is 19.3. The van der Waals surface area contributed by atoms with Gasteiger partial charge in [0.2, 0.25) is 0 Å². The molecule has 1 nitrogen and oxygen atoms in total. The lowest BCUT2D eigenvalue weighted by Gasteiger charge is -2.45. The summed E-state index contributed by atoms with van der Waals surface area (Å²) in [6, 6.07) is 7.38. The number of hydrogen-bond donors (Lipinski definition) is 0. The summed E-state index contributed by atoms with van der Waals surface area (Å²) in [7, 11) is 0. The van der Waals surface area contributed by atoms with Gasteiger partial charge in [0.1, 0.15) is 0 Å². The van der Waals surface area contributed by atoms with Crippen molar-refractivity contribution in [3.05, 3.63) is 59.2 Å². The van der Waals surface area contributed by atoms with Crippen LogP contribution in [0.2, 0.25) is 0 Å². The van der Waals surface area contributed by atoms with Crippen molar-refractivity contribution in [3.8, 4) is 0 Å². The second-order valence-electron chi connectivity index (χ2n) is 10.1. The summed E-state index contributed by atoms with van der Waals surface area (Å²) in [5.74, 6) is 3.80. The number of rotatable bonds is 7. The monoisotopic (exact) mass is 406 g/mol. The Labute approximate surface area is 185 Å². The Morgan fingerprint density at radius 2 is 1.60 bits per heavy atom. The van der Waals surface area contributed by atoms with E-state index in [2.05, 4.69) is 56.4 Å². The van der Waals surface area contributed by atoms with Crippen molar-refractivity contribution in [2.75, 3.05) is 6.61 Å².